The highest BCUT2D eigenvalue weighted by molar-refractivity contribution is 6.06. The van der Waals surface area contributed by atoms with Crippen LogP contribution in [0.25, 0.3) is 10.9 Å². The van der Waals surface area contributed by atoms with E-state index in [0.29, 0.717) is 68.8 Å². The van der Waals surface area contributed by atoms with Crippen LogP contribution >= 0.6 is 0 Å². The molecule has 6 rings (SSSR count). The number of nitrogens with zero attached hydrogens (tertiary/aromatic N) is 6. The highest BCUT2D eigenvalue weighted by Gasteiger charge is 2.43. The summed E-state index contributed by atoms with van der Waals surface area (Å²) in [5.41, 5.74) is 3.16. The Kier molecular flexibility index (Phi) is 8.19. The number of anilines is 2. The third-order valence-electron chi connectivity index (χ3n) is 9.76. The molecular weight excluding hydrogens is 572 g/mol. The second-order valence-corrected chi connectivity index (χ2v) is 13.6. The van der Waals surface area contributed by atoms with E-state index in [1.54, 1.807) is 23.6 Å². The Hall–Kier alpha value is -3.83. The van der Waals surface area contributed by atoms with Crippen molar-refractivity contribution in [2.45, 2.75) is 77.0 Å². The zero-order chi connectivity index (χ0) is 32.1. The lowest BCUT2D eigenvalue weighted by Gasteiger charge is -2.34. The summed E-state index contributed by atoms with van der Waals surface area (Å²) in [6.07, 6.45) is 4.15. The zero-order valence-corrected chi connectivity index (χ0v) is 27.3. The molecule has 3 aliphatic rings. The fourth-order valence-electron chi connectivity index (χ4n) is 7.01. The van der Waals surface area contributed by atoms with E-state index >= 15 is 0 Å². The molecule has 1 aromatic carbocycles. The molecule has 11 nitrogen and oxygen atoms in total. The summed E-state index contributed by atoms with van der Waals surface area (Å²) < 4.78 is 12.9. The van der Waals surface area contributed by atoms with E-state index in [1.807, 2.05) is 49.2 Å². The smallest absolute Gasteiger partial charge is 0.261 e. The predicted octanol–water partition coefficient (Wildman–Crippen LogP) is 3.08. The number of aromatic nitrogens is 3. The fourth-order valence-corrected chi connectivity index (χ4v) is 7.01. The largest absolute Gasteiger partial charge is 0.382 e. The standard InChI is InChI=1S/C34H44N6O5/c1-33(2)12-9-29(41)40(33)14-11-28-36-26-18-23(38-15-16-45-24(20-38)21-44-6)7-8-25(26)31(42)39(28)13-10-22-17-27-30(35-19-22)34(3,4)32(43)37(27)5/h7-8,17-19,24H,9-16,20-21H2,1-6H3/t24-/m1/s1. The highest BCUT2D eigenvalue weighted by Crippen LogP contribution is 2.39. The van der Waals surface area contributed by atoms with Gasteiger partial charge in [-0.05, 0) is 70.4 Å². The maximum Gasteiger partial charge on any atom is 0.261 e. The van der Waals surface area contributed by atoms with Gasteiger partial charge in [0.2, 0.25) is 11.8 Å². The van der Waals surface area contributed by atoms with E-state index < -0.39 is 5.41 Å². The van der Waals surface area contributed by atoms with Gasteiger partial charge in [-0.25, -0.2) is 4.98 Å². The molecule has 3 aliphatic heterocycles. The van der Waals surface area contributed by atoms with Gasteiger partial charge in [0, 0.05) is 70.6 Å². The molecule has 2 amide bonds. The number of hydrogen-bond donors (Lipinski definition) is 0. The lowest BCUT2D eigenvalue weighted by Crippen LogP contribution is -2.44. The lowest BCUT2D eigenvalue weighted by atomic mass is 9.90. The van der Waals surface area contributed by atoms with Crippen molar-refractivity contribution >= 4 is 34.1 Å². The molecule has 3 aromatic rings. The van der Waals surface area contributed by atoms with E-state index in [9.17, 15) is 14.4 Å². The van der Waals surface area contributed by atoms with E-state index in [-0.39, 0.29) is 29.0 Å². The van der Waals surface area contributed by atoms with Crippen LogP contribution < -0.4 is 15.4 Å². The minimum Gasteiger partial charge on any atom is -0.382 e. The SMILES string of the molecule is COC[C@H]1CN(c2ccc3c(=O)n(CCc4cnc5c(c4)N(C)C(=O)C5(C)C)c(CCN4C(=O)CCC4(C)C)nc3c2)CCO1. The number of ether oxygens (including phenoxy) is 2. The quantitative estimate of drug-likeness (QED) is 0.361. The Bertz CT molecular complexity index is 1700. The third-order valence-corrected chi connectivity index (χ3v) is 9.76. The van der Waals surface area contributed by atoms with Gasteiger partial charge >= 0.3 is 0 Å². The summed E-state index contributed by atoms with van der Waals surface area (Å²) in [5.74, 6) is 0.812. The van der Waals surface area contributed by atoms with Gasteiger partial charge in [0.1, 0.15) is 5.82 Å². The number of amides is 2. The van der Waals surface area contributed by atoms with Gasteiger partial charge < -0.3 is 24.2 Å². The molecule has 2 aromatic heterocycles. The van der Waals surface area contributed by atoms with Crippen LogP contribution in [0.3, 0.4) is 0 Å². The monoisotopic (exact) mass is 616 g/mol. The Morgan fingerprint density at radius 2 is 1.87 bits per heavy atom. The first-order chi connectivity index (χ1) is 21.4. The molecule has 0 bridgehead atoms. The summed E-state index contributed by atoms with van der Waals surface area (Å²) in [5, 5.41) is 0.556. The number of carbonyl (C=O) groups excluding carboxylic acids is 2. The molecular formula is C34H44N6O5. The number of rotatable bonds is 9. The van der Waals surface area contributed by atoms with Gasteiger partial charge in [0.25, 0.3) is 5.56 Å². The number of morpholine rings is 1. The van der Waals surface area contributed by atoms with Crippen LogP contribution in [0.15, 0.2) is 35.3 Å². The summed E-state index contributed by atoms with van der Waals surface area (Å²) in [4.78, 5) is 55.2. The summed E-state index contributed by atoms with van der Waals surface area (Å²) in [7, 11) is 3.45. The molecule has 1 atom stereocenters. The summed E-state index contributed by atoms with van der Waals surface area (Å²) in [6.45, 7) is 11.4. The van der Waals surface area contributed by atoms with Gasteiger partial charge in [0.15, 0.2) is 0 Å². The van der Waals surface area contributed by atoms with Gasteiger partial charge in [0.05, 0.1) is 47.0 Å². The zero-order valence-electron chi connectivity index (χ0n) is 27.3. The maximum atomic E-state index is 14.1. The van der Waals surface area contributed by atoms with Crippen molar-refractivity contribution < 1.29 is 19.1 Å². The van der Waals surface area contributed by atoms with Crippen molar-refractivity contribution in [2.24, 2.45) is 0 Å². The Labute approximate surface area is 264 Å². The fraction of sp³-hybridized carbons (Fsp3) is 0.559. The average Bonchev–Trinajstić information content (AvgIpc) is 3.37. The van der Waals surface area contributed by atoms with Gasteiger partial charge in [-0.15, -0.1) is 0 Å². The lowest BCUT2D eigenvalue weighted by molar-refractivity contribution is -0.130. The van der Waals surface area contributed by atoms with E-state index in [4.69, 9.17) is 14.5 Å². The maximum absolute atomic E-state index is 14.1. The van der Waals surface area contributed by atoms with Crippen LogP contribution in [-0.2, 0) is 43.9 Å². The molecule has 0 aliphatic carbocycles. The molecule has 0 unspecified atom stereocenters. The highest BCUT2D eigenvalue weighted by atomic mass is 16.5. The number of aryl methyl sites for hydroxylation is 1. The number of pyridine rings is 1. The van der Waals surface area contributed by atoms with Crippen LogP contribution in [-0.4, -0.2) is 89.9 Å². The van der Waals surface area contributed by atoms with Crippen molar-refractivity contribution in [3.05, 3.63) is 57.9 Å². The number of likely N-dealkylation sites (N-methyl/N-ethyl adjacent to an activating group) is 1. The first-order valence-corrected chi connectivity index (χ1v) is 15.9. The van der Waals surface area contributed by atoms with Crippen molar-refractivity contribution in [1.29, 1.82) is 0 Å². The van der Waals surface area contributed by atoms with E-state index in [1.165, 1.54) is 0 Å². The molecule has 0 saturated carbocycles. The van der Waals surface area contributed by atoms with E-state index in [2.05, 4.69) is 23.7 Å². The first kappa shape index (κ1) is 31.2. The van der Waals surface area contributed by atoms with Crippen LogP contribution in [0, 0.1) is 0 Å². The van der Waals surface area contributed by atoms with Crippen LogP contribution in [0.1, 0.15) is 57.6 Å². The Morgan fingerprint density at radius 3 is 2.60 bits per heavy atom. The van der Waals surface area contributed by atoms with Gasteiger partial charge in [-0.3, -0.25) is 23.9 Å². The summed E-state index contributed by atoms with van der Waals surface area (Å²) in [6, 6.07) is 7.84. The van der Waals surface area contributed by atoms with Crippen LogP contribution in [0.2, 0.25) is 0 Å². The normalized spacial score (nSPS) is 20.8. The molecule has 240 valence electrons. The average molecular weight is 617 g/mol. The number of methoxy groups -OCH3 is 1. The number of hydrogen-bond acceptors (Lipinski definition) is 8. The molecule has 5 heterocycles. The predicted molar refractivity (Wildman–Crippen MR) is 173 cm³/mol. The molecule has 0 radical (unpaired) electrons. The topological polar surface area (TPSA) is 110 Å². The molecule has 11 heteroatoms. The summed E-state index contributed by atoms with van der Waals surface area (Å²) >= 11 is 0. The van der Waals surface area contributed by atoms with Gasteiger partial charge in [-0.1, -0.05) is 0 Å². The third kappa shape index (κ3) is 5.72. The van der Waals surface area contributed by atoms with Crippen molar-refractivity contribution in [3.8, 4) is 0 Å². The number of benzene rings is 1. The van der Waals surface area contributed by atoms with Crippen molar-refractivity contribution in [1.82, 2.24) is 19.4 Å². The number of likely N-dealkylation sites (tertiary alicyclic amines) is 1. The second kappa shape index (κ2) is 11.8. The Balaban J connectivity index is 1.32. The number of carbonyl (C=O) groups is 2. The van der Waals surface area contributed by atoms with Crippen LogP contribution in [0.5, 0.6) is 0 Å². The van der Waals surface area contributed by atoms with Crippen molar-refractivity contribution in [2.75, 3.05) is 56.8 Å². The first-order valence-electron chi connectivity index (χ1n) is 15.9. The molecule has 45 heavy (non-hydrogen) atoms. The molecule has 0 spiro atoms. The van der Waals surface area contributed by atoms with Gasteiger partial charge in [-0.2, -0.15) is 0 Å². The molecule has 2 fully saturated rings. The minimum absolute atomic E-state index is 0.0180. The second-order valence-electron chi connectivity index (χ2n) is 13.6. The minimum atomic E-state index is -0.666. The number of fused-ring (bicyclic) bond motifs is 2. The molecule has 0 N–H and O–H groups in total. The van der Waals surface area contributed by atoms with Crippen molar-refractivity contribution in [3.63, 3.8) is 0 Å². The van der Waals surface area contributed by atoms with Crippen LogP contribution in [0.4, 0.5) is 11.4 Å². The molecule has 2 saturated heterocycles. The van der Waals surface area contributed by atoms with E-state index in [0.717, 1.165) is 35.6 Å². The Morgan fingerprint density at radius 1 is 1.07 bits per heavy atom.